The molecule has 0 radical (unpaired) electrons. The molecule has 0 aromatic carbocycles. The minimum absolute atomic E-state index is 0.104. The Morgan fingerprint density at radius 3 is 2.50 bits per heavy atom. The van der Waals surface area contributed by atoms with Crippen LogP contribution in [0.15, 0.2) is 24.5 Å². The molecular weight excluding hydrogens is 254 g/mol. The molecule has 5 nitrogen and oxygen atoms in total. The van der Waals surface area contributed by atoms with E-state index in [9.17, 15) is 4.79 Å². The number of nitrogens with zero attached hydrogens (tertiary/aromatic N) is 3. The lowest BCUT2D eigenvalue weighted by Crippen LogP contribution is -2.08. The number of pyridine rings is 1. The number of aliphatic carboxylic acids is 1. The number of carbonyl (C=O) groups is 1. The molecule has 0 aliphatic rings. The lowest BCUT2D eigenvalue weighted by molar-refractivity contribution is -0.136. The monoisotopic (exact) mass is 271 g/mol. The first kappa shape index (κ1) is 14.1. The maximum Gasteiger partial charge on any atom is 0.303 e. The zero-order chi connectivity index (χ0) is 14.5. The van der Waals surface area contributed by atoms with Crippen LogP contribution in [0.2, 0.25) is 0 Å². The van der Waals surface area contributed by atoms with Crippen molar-refractivity contribution in [2.24, 2.45) is 0 Å². The molecule has 0 fully saturated rings. The molecule has 0 aliphatic heterocycles. The largest absolute Gasteiger partial charge is 0.481 e. The second kappa shape index (κ2) is 6.23. The molecule has 20 heavy (non-hydrogen) atoms. The highest BCUT2D eigenvalue weighted by Crippen LogP contribution is 2.14. The predicted molar refractivity (Wildman–Crippen MR) is 74.5 cm³/mol. The molecule has 0 saturated heterocycles. The minimum atomic E-state index is -0.803. The zero-order valence-electron chi connectivity index (χ0n) is 11.6. The van der Waals surface area contributed by atoms with Crippen molar-refractivity contribution in [1.82, 2.24) is 15.0 Å². The predicted octanol–water partition coefficient (Wildman–Crippen LogP) is 2.10. The first-order chi connectivity index (χ1) is 9.56. The van der Waals surface area contributed by atoms with Crippen LogP contribution in [0.4, 0.5) is 0 Å². The Balaban J connectivity index is 2.19. The van der Waals surface area contributed by atoms with Crippen LogP contribution in [0.3, 0.4) is 0 Å². The van der Waals surface area contributed by atoms with E-state index >= 15 is 0 Å². The second-order valence-corrected chi connectivity index (χ2v) is 4.72. The highest BCUT2D eigenvalue weighted by molar-refractivity contribution is 5.67. The summed E-state index contributed by atoms with van der Waals surface area (Å²) in [4.78, 5) is 23.7. The van der Waals surface area contributed by atoms with E-state index in [4.69, 9.17) is 5.11 Å². The van der Waals surface area contributed by atoms with Gasteiger partial charge in [-0.15, -0.1) is 0 Å². The smallest absolute Gasteiger partial charge is 0.303 e. The highest BCUT2D eigenvalue weighted by Gasteiger charge is 2.10. The van der Waals surface area contributed by atoms with Gasteiger partial charge < -0.3 is 5.11 Å². The van der Waals surface area contributed by atoms with E-state index in [-0.39, 0.29) is 6.42 Å². The Hall–Kier alpha value is -2.30. The van der Waals surface area contributed by atoms with Crippen LogP contribution >= 0.6 is 0 Å². The van der Waals surface area contributed by atoms with Gasteiger partial charge in [0.25, 0.3) is 0 Å². The number of aryl methyl sites for hydroxylation is 2. The van der Waals surface area contributed by atoms with Crippen LogP contribution in [0, 0.1) is 13.8 Å². The maximum absolute atomic E-state index is 10.7. The van der Waals surface area contributed by atoms with Crippen molar-refractivity contribution in [1.29, 1.82) is 0 Å². The zero-order valence-corrected chi connectivity index (χ0v) is 11.6. The molecule has 0 spiro atoms. The van der Waals surface area contributed by atoms with Gasteiger partial charge in [0.1, 0.15) is 5.82 Å². The molecule has 5 heteroatoms. The molecule has 2 aromatic rings. The van der Waals surface area contributed by atoms with Gasteiger partial charge >= 0.3 is 5.97 Å². The summed E-state index contributed by atoms with van der Waals surface area (Å²) in [5, 5.41) is 8.76. The number of hydrogen-bond donors (Lipinski definition) is 1. The van der Waals surface area contributed by atoms with Gasteiger partial charge in [0, 0.05) is 36.6 Å². The van der Waals surface area contributed by atoms with E-state index in [1.807, 2.05) is 26.0 Å². The first-order valence-corrected chi connectivity index (χ1v) is 6.50. The van der Waals surface area contributed by atoms with E-state index < -0.39 is 5.97 Å². The van der Waals surface area contributed by atoms with Gasteiger partial charge in [-0.3, -0.25) is 9.78 Å². The third kappa shape index (κ3) is 3.60. The Morgan fingerprint density at radius 2 is 1.95 bits per heavy atom. The van der Waals surface area contributed by atoms with Crippen LogP contribution in [0.25, 0.3) is 0 Å². The third-order valence-electron chi connectivity index (χ3n) is 3.14. The fraction of sp³-hybridized carbons (Fsp3) is 0.333. The van der Waals surface area contributed by atoms with Gasteiger partial charge in [-0.1, -0.05) is 6.07 Å². The third-order valence-corrected chi connectivity index (χ3v) is 3.14. The highest BCUT2D eigenvalue weighted by atomic mass is 16.4. The molecule has 0 saturated carbocycles. The summed E-state index contributed by atoms with van der Waals surface area (Å²) in [6, 6.07) is 3.87. The fourth-order valence-electron chi connectivity index (χ4n) is 2.17. The van der Waals surface area contributed by atoms with Crippen molar-refractivity contribution in [3.05, 3.63) is 52.9 Å². The van der Waals surface area contributed by atoms with E-state index in [0.29, 0.717) is 12.8 Å². The van der Waals surface area contributed by atoms with Crippen molar-refractivity contribution in [2.75, 3.05) is 0 Å². The fourth-order valence-corrected chi connectivity index (χ4v) is 2.17. The SMILES string of the molecule is Cc1nc(Cc2cccnc2)nc(C)c1CCC(=O)O. The van der Waals surface area contributed by atoms with Gasteiger partial charge in [-0.05, 0) is 37.5 Å². The quantitative estimate of drug-likeness (QED) is 0.901. The maximum atomic E-state index is 10.7. The minimum Gasteiger partial charge on any atom is -0.481 e. The number of rotatable bonds is 5. The molecule has 2 heterocycles. The summed E-state index contributed by atoms with van der Waals surface area (Å²) in [6.07, 6.45) is 4.74. The van der Waals surface area contributed by atoms with Crippen LogP contribution < -0.4 is 0 Å². The Kier molecular flexibility index (Phi) is 4.40. The van der Waals surface area contributed by atoms with Gasteiger partial charge in [-0.25, -0.2) is 9.97 Å². The number of carboxylic acid groups (broad SMARTS) is 1. The lowest BCUT2D eigenvalue weighted by atomic mass is 10.1. The van der Waals surface area contributed by atoms with Gasteiger partial charge in [-0.2, -0.15) is 0 Å². The van der Waals surface area contributed by atoms with Gasteiger partial charge in [0.2, 0.25) is 0 Å². The summed E-state index contributed by atoms with van der Waals surface area (Å²) in [5.41, 5.74) is 3.71. The van der Waals surface area contributed by atoms with Crippen LogP contribution in [-0.2, 0) is 17.6 Å². The topological polar surface area (TPSA) is 76.0 Å². The van der Waals surface area contributed by atoms with Crippen molar-refractivity contribution in [3.8, 4) is 0 Å². The van der Waals surface area contributed by atoms with E-state index in [2.05, 4.69) is 15.0 Å². The van der Waals surface area contributed by atoms with Crippen molar-refractivity contribution in [2.45, 2.75) is 33.1 Å². The summed E-state index contributed by atoms with van der Waals surface area (Å²) in [7, 11) is 0. The van der Waals surface area contributed by atoms with Crippen LogP contribution in [0.1, 0.15) is 34.8 Å². The van der Waals surface area contributed by atoms with E-state index in [1.165, 1.54) is 0 Å². The summed E-state index contributed by atoms with van der Waals surface area (Å²) >= 11 is 0. The Labute approximate surface area is 117 Å². The molecule has 0 atom stereocenters. The first-order valence-electron chi connectivity index (χ1n) is 6.50. The average Bonchev–Trinajstić information content (AvgIpc) is 2.38. The summed E-state index contributed by atoms with van der Waals surface area (Å²) in [6.45, 7) is 3.80. The van der Waals surface area contributed by atoms with Crippen molar-refractivity contribution < 1.29 is 9.90 Å². The molecule has 0 unspecified atom stereocenters. The van der Waals surface area contributed by atoms with Crippen LogP contribution in [-0.4, -0.2) is 26.0 Å². The molecular formula is C15H17N3O2. The second-order valence-electron chi connectivity index (χ2n) is 4.72. The summed E-state index contributed by atoms with van der Waals surface area (Å²) < 4.78 is 0. The number of aromatic nitrogens is 3. The van der Waals surface area contributed by atoms with Crippen LogP contribution in [0.5, 0.6) is 0 Å². The van der Waals surface area contributed by atoms with E-state index in [0.717, 1.165) is 28.3 Å². The molecule has 2 aromatic heterocycles. The molecule has 0 aliphatic carbocycles. The standard InChI is InChI=1S/C15H17N3O2/c1-10-13(5-6-15(19)20)11(2)18-14(17-10)8-12-4-3-7-16-9-12/h3-4,7,9H,5-6,8H2,1-2H3,(H,19,20). The number of hydrogen-bond acceptors (Lipinski definition) is 4. The normalized spacial score (nSPS) is 10.5. The van der Waals surface area contributed by atoms with E-state index in [1.54, 1.807) is 12.4 Å². The van der Waals surface area contributed by atoms with Gasteiger partial charge in [0.05, 0.1) is 0 Å². The molecule has 0 amide bonds. The Bertz CT molecular complexity index is 589. The number of carboxylic acids is 1. The van der Waals surface area contributed by atoms with Crippen molar-refractivity contribution >= 4 is 5.97 Å². The lowest BCUT2D eigenvalue weighted by Gasteiger charge is -2.10. The Morgan fingerprint density at radius 1 is 1.25 bits per heavy atom. The van der Waals surface area contributed by atoms with Crippen molar-refractivity contribution in [3.63, 3.8) is 0 Å². The summed E-state index contributed by atoms with van der Waals surface area (Å²) in [5.74, 6) is -0.0599. The molecule has 104 valence electrons. The molecule has 1 N–H and O–H groups in total. The average molecular weight is 271 g/mol. The molecule has 0 bridgehead atoms. The van der Waals surface area contributed by atoms with Gasteiger partial charge in [0.15, 0.2) is 0 Å². The molecule has 2 rings (SSSR count).